The van der Waals surface area contributed by atoms with Crippen molar-refractivity contribution in [1.82, 2.24) is 14.8 Å². The van der Waals surface area contributed by atoms with Crippen LogP contribution in [0.1, 0.15) is 23.9 Å². The van der Waals surface area contributed by atoms with Gasteiger partial charge in [0.25, 0.3) is 0 Å². The first-order valence-electron chi connectivity index (χ1n) is 7.56. The van der Waals surface area contributed by atoms with E-state index in [1.807, 2.05) is 17.6 Å². The maximum atomic E-state index is 13.3. The largest absolute Gasteiger partial charge is 0.274 e. The fourth-order valence-electron chi connectivity index (χ4n) is 2.39. The van der Waals surface area contributed by atoms with E-state index in [4.69, 9.17) is 0 Å². The Morgan fingerprint density at radius 1 is 1.04 bits per heavy atom. The fourth-order valence-corrected chi connectivity index (χ4v) is 3.33. The molecule has 1 heterocycles. The number of aryl methyl sites for hydroxylation is 2. The number of aromatic nitrogens is 3. The first-order chi connectivity index (χ1) is 11.2. The summed E-state index contributed by atoms with van der Waals surface area (Å²) in [5, 5.41) is 9.25. The summed E-state index contributed by atoms with van der Waals surface area (Å²) in [6, 6.07) is 15.1. The van der Waals surface area contributed by atoms with Crippen molar-refractivity contribution in [2.24, 2.45) is 0 Å². The van der Waals surface area contributed by atoms with Gasteiger partial charge < -0.3 is 0 Å². The van der Waals surface area contributed by atoms with Gasteiger partial charge in [-0.2, -0.15) is 0 Å². The van der Waals surface area contributed by atoms with Crippen LogP contribution in [0.4, 0.5) is 4.39 Å². The number of thioether (sulfide) groups is 1. The predicted octanol–water partition coefficient (Wildman–Crippen LogP) is 4.57. The Kier molecular flexibility index (Phi) is 4.76. The molecule has 0 saturated heterocycles. The molecule has 118 valence electrons. The molecule has 0 saturated carbocycles. The van der Waals surface area contributed by atoms with E-state index in [9.17, 15) is 4.39 Å². The summed E-state index contributed by atoms with van der Waals surface area (Å²) < 4.78 is 15.3. The molecule has 0 N–H and O–H groups in total. The molecule has 0 bridgehead atoms. The summed E-state index contributed by atoms with van der Waals surface area (Å²) in [4.78, 5) is 0. The Labute approximate surface area is 139 Å². The van der Waals surface area contributed by atoms with E-state index in [2.05, 4.69) is 41.4 Å². The zero-order valence-corrected chi connectivity index (χ0v) is 14.0. The van der Waals surface area contributed by atoms with Gasteiger partial charge in [-0.15, -0.1) is 10.2 Å². The molecule has 3 nitrogen and oxygen atoms in total. The van der Waals surface area contributed by atoms with Gasteiger partial charge in [-0.3, -0.25) is 4.57 Å². The number of hydrogen-bond donors (Lipinski definition) is 0. The maximum Gasteiger partial charge on any atom is 0.196 e. The molecular formula is C18H18FN3S. The van der Waals surface area contributed by atoms with Crippen LogP contribution in [0.3, 0.4) is 0 Å². The van der Waals surface area contributed by atoms with E-state index in [1.165, 1.54) is 11.6 Å². The lowest BCUT2D eigenvalue weighted by Crippen LogP contribution is -1.99. The highest BCUT2D eigenvalue weighted by atomic mass is 32.2. The van der Waals surface area contributed by atoms with Crippen LogP contribution in [-0.2, 0) is 12.2 Å². The van der Waals surface area contributed by atoms with E-state index in [1.54, 1.807) is 23.9 Å². The zero-order chi connectivity index (χ0) is 16.2. The van der Waals surface area contributed by atoms with Crippen LogP contribution in [0.25, 0.3) is 5.69 Å². The van der Waals surface area contributed by atoms with Crippen LogP contribution in [-0.4, -0.2) is 14.8 Å². The summed E-state index contributed by atoms with van der Waals surface area (Å²) in [5.41, 5.74) is 3.28. The van der Waals surface area contributed by atoms with Crippen LogP contribution in [0.15, 0.2) is 53.7 Å². The third kappa shape index (κ3) is 3.62. The lowest BCUT2D eigenvalue weighted by atomic mass is 10.1. The van der Waals surface area contributed by atoms with Crippen molar-refractivity contribution in [2.75, 3.05) is 0 Å². The lowest BCUT2D eigenvalue weighted by Gasteiger charge is -2.09. The second kappa shape index (κ2) is 6.96. The van der Waals surface area contributed by atoms with Crippen molar-refractivity contribution in [3.63, 3.8) is 0 Å². The average Bonchev–Trinajstić information content (AvgIpc) is 2.94. The molecule has 0 aliphatic rings. The molecule has 0 aliphatic heterocycles. The molecule has 5 heteroatoms. The minimum Gasteiger partial charge on any atom is -0.274 e. The van der Waals surface area contributed by atoms with Gasteiger partial charge in [0.1, 0.15) is 11.6 Å². The first-order valence-corrected chi connectivity index (χ1v) is 8.54. The summed E-state index contributed by atoms with van der Waals surface area (Å²) in [5.74, 6) is 1.29. The summed E-state index contributed by atoms with van der Waals surface area (Å²) >= 11 is 1.56. The number of benzene rings is 2. The molecule has 23 heavy (non-hydrogen) atoms. The number of hydrogen-bond acceptors (Lipinski definition) is 3. The van der Waals surface area contributed by atoms with E-state index in [0.717, 1.165) is 28.7 Å². The highest BCUT2D eigenvalue weighted by molar-refractivity contribution is 7.98. The van der Waals surface area contributed by atoms with Crippen LogP contribution >= 0.6 is 11.8 Å². The third-order valence-electron chi connectivity index (χ3n) is 3.65. The van der Waals surface area contributed by atoms with Crippen LogP contribution in [0.5, 0.6) is 0 Å². The van der Waals surface area contributed by atoms with Gasteiger partial charge in [0.2, 0.25) is 0 Å². The van der Waals surface area contributed by atoms with Gasteiger partial charge in [-0.1, -0.05) is 43.0 Å². The topological polar surface area (TPSA) is 30.7 Å². The van der Waals surface area contributed by atoms with Crippen molar-refractivity contribution in [3.8, 4) is 5.69 Å². The summed E-state index contributed by atoms with van der Waals surface area (Å²) in [7, 11) is 0. The molecule has 0 radical (unpaired) electrons. The first kappa shape index (κ1) is 15.7. The van der Waals surface area contributed by atoms with Crippen molar-refractivity contribution in [3.05, 3.63) is 71.3 Å². The maximum absolute atomic E-state index is 13.3. The number of halogens is 1. The monoisotopic (exact) mass is 327 g/mol. The number of rotatable bonds is 5. The van der Waals surface area contributed by atoms with Crippen molar-refractivity contribution >= 4 is 11.8 Å². The molecule has 1 aromatic heterocycles. The average molecular weight is 327 g/mol. The van der Waals surface area contributed by atoms with Crippen LogP contribution < -0.4 is 0 Å². The predicted molar refractivity (Wildman–Crippen MR) is 91.4 cm³/mol. The molecular weight excluding hydrogens is 309 g/mol. The van der Waals surface area contributed by atoms with Gasteiger partial charge in [0.15, 0.2) is 5.16 Å². The molecule has 3 rings (SSSR count). The Morgan fingerprint density at radius 3 is 2.52 bits per heavy atom. The zero-order valence-electron chi connectivity index (χ0n) is 13.2. The Morgan fingerprint density at radius 2 is 1.83 bits per heavy atom. The smallest absolute Gasteiger partial charge is 0.196 e. The Bertz CT molecular complexity index is 796. The van der Waals surface area contributed by atoms with E-state index in [-0.39, 0.29) is 5.82 Å². The minimum absolute atomic E-state index is 0.212. The normalized spacial score (nSPS) is 10.9. The van der Waals surface area contributed by atoms with Crippen LogP contribution in [0.2, 0.25) is 0 Å². The molecule has 0 unspecified atom stereocenters. The minimum atomic E-state index is -0.212. The molecule has 0 spiro atoms. The van der Waals surface area contributed by atoms with Gasteiger partial charge in [-0.05, 0) is 48.7 Å². The molecule has 2 aromatic carbocycles. The third-order valence-corrected chi connectivity index (χ3v) is 4.66. The second-order valence-corrected chi connectivity index (χ2v) is 6.25. The van der Waals surface area contributed by atoms with Crippen molar-refractivity contribution < 1.29 is 4.39 Å². The molecule has 0 atom stereocenters. The summed E-state index contributed by atoms with van der Waals surface area (Å²) in [6.07, 6.45) is 1.02. The SMILES string of the molecule is CCc1ccc(-n2c(C)nnc2SCc2cccc(F)c2)cc1. The van der Waals surface area contributed by atoms with Gasteiger partial charge in [0.05, 0.1) is 0 Å². The van der Waals surface area contributed by atoms with Gasteiger partial charge in [0, 0.05) is 11.4 Å². The lowest BCUT2D eigenvalue weighted by molar-refractivity contribution is 0.626. The summed E-state index contributed by atoms with van der Waals surface area (Å²) in [6.45, 7) is 4.08. The molecule has 0 aliphatic carbocycles. The Balaban J connectivity index is 1.83. The second-order valence-electron chi connectivity index (χ2n) is 5.30. The van der Waals surface area contributed by atoms with Crippen LogP contribution in [0, 0.1) is 12.7 Å². The van der Waals surface area contributed by atoms with E-state index >= 15 is 0 Å². The van der Waals surface area contributed by atoms with E-state index < -0.39 is 0 Å². The van der Waals surface area contributed by atoms with E-state index in [0.29, 0.717) is 5.75 Å². The quantitative estimate of drug-likeness (QED) is 0.643. The fraction of sp³-hybridized carbons (Fsp3) is 0.222. The number of nitrogens with zero attached hydrogens (tertiary/aromatic N) is 3. The highest BCUT2D eigenvalue weighted by Crippen LogP contribution is 2.25. The van der Waals surface area contributed by atoms with Crippen molar-refractivity contribution in [2.45, 2.75) is 31.2 Å². The standard InChI is InChI=1S/C18H18FN3S/c1-3-14-7-9-17(10-8-14)22-13(2)20-21-18(22)23-12-15-5-4-6-16(19)11-15/h4-11H,3,12H2,1-2H3. The van der Waals surface area contributed by atoms with Gasteiger partial charge in [-0.25, -0.2) is 4.39 Å². The highest BCUT2D eigenvalue weighted by Gasteiger charge is 2.11. The Hall–Kier alpha value is -2.14. The molecule has 0 fully saturated rings. The van der Waals surface area contributed by atoms with Gasteiger partial charge >= 0.3 is 0 Å². The molecule has 0 amide bonds. The molecule has 3 aromatic rings. The van der Waals surface area contributed by atoms with Crippen molar-refractivity contribution in [1.29, 1.82) is 0 Å².